The Morgan fingerprint density at radius 2 is 1.75 bits per heavy atom. The SMILES string of the molecule is CC(=O)Nc1ccc(C(F)(F)F)cc1NC(=O)CCCc1nc(-c2ccc(F)cc2)no1. The number of rotatable bonds is 7. The van der Waals surface area contributed by atoms with Gasteiger partial charge in [0, 0.05) is 25.3 Å². The lowest BCUT2D eigenvalue weighted by molar-refractivity contribution is -0.137. The van der Waals surface area contributed by atoms with E-state index >= 15 is 0 Å². The average molecular weight is 450 g/mol. The van der Waals surface area contributed by atoms with E-state index in [1.165, 1.54) is 31.2 Å². The summed E-state index contributed by atoms with van der Waals surface area (Å²) < 4.78 is 57.1. The number of alkyl halides is 3. The second-order valence-corrected chi connectivity index (χ2v) is 6.86. The van der Waals surface area contributed by atoms with Crippen molar-refractivity contribution in [3.8, 4) is 11.4 Å². The zero-order chi connectivity index (χ0) is 23.3. The quantitative estimate of drug-likeness (QED) is 0.504. The molecular weight excluding hydrogens is 432 g/mol. The van der Waals surface area contributed by atoms with Crippen LogP contribution in [0.1, 0.15) is 31.2 Å². The molecule has 0 atom stereocenters. The van der Waals surface area contributed by atoms with Gasteiger partial charge >= 0.3 is 6.18 Å². The number of anilines is 2. The largest absolute Gasteiger partial charge is 0.416 e. The Morgan fingerprint density at radius 1 is 1.03 bits per heavy atom. The zero-order valence-corrected chi connectivity index (χ0v) is 16.8. The molecule has 0 aliphatic rings. The van der Waals surface area contributed by atoms with Gasteiger partial charge in [0.2, 0.25) is 23.5 Å². The van der Waals surface area contributed by atoms with Crippen LogP contribution in [0.2, 0.25) is 0 Å². The maximum atomic E-state index is 13.0. The minimum absolute atomic E-state index is 0.0377. The molecule has 32 heavy (non-hydrogen) atoms. The van der Waals surface area contributed by atoms with Gasteiger partial charge in [-0.1, -0.05) is 5.16 Å². The molecule has 0 radical (unpaired) electrons. The number of benzene rings is 2. The number of nitrogens with one attached hydrogen (secondary N) is 2. The molecule has 0 bridgehead atoms. The summed E-state index contributed by atoms with van der Waals surface area (Å²) in [6.45, 7) is 1.20. The first-order valence-corrected chi connectivity index (χ1v) is 9.49. The molecule has 0 saturated carbocycles. The third-order valence-electron chi connectivity index (χ3n) is 4.30. The fourth-order valence-electron chi connectivity index (χ4n) is 2.81. The lowest BCUT2D eigenvalue weighted by Crippen LogP contribution is -2.16. The van der Waals surface area contributed by atoms with Gasteiger partial charge in [-0.15, -0.1) is 0 Å². The third-order valence-corrected chi connectivity index (χ3v) is 4.30. The van der Waals surface area contributed by atoms with Gasteiger partial charge in [-0.25, -0.2) is 4.39 Å². The van der Waals surface area contributed by atoms with Gasteiger partial charge in [-0.05, 0) is 48.9 Å². The molecular formula is C21H18F4N4O3. The molecule has 2 amide bonds. The van der Waals surface area contributed by atoms with E-state index in [0.29, 0.717) is 5.56 Å². The fraction of sp³-hybridized carbons (Fsp3) is 0.238. The topological polar surface area (TPSA) is 97.1 Å². The molecule has 3 aromatic rings. The van der Waals surface area contributed by atoms with Crippen LogP contribution in [0.25, 0.3) is 11.4 Å². The lowest BCUT2D eigenvalue weighted by Gasteiger charge is -2.14. The van der Waals surface area contributed by atoms with Crippen LogP contribution < -0.4 is 10.6 Å². The molecule has 0 aliphatic heterocycles. The van der Waals surface area contributed by atoms with Crippen LogP contribution >= 0.6 is 0 Å². The Labute approximate surface area is 179 Å². The van der Waals surface area contributed by atoms with Crippen LogP contribution in [-0.4, -0.2) is 22.0 Å². The van der Waals surface area contributed by atoms with E-state index in [-0.39, 0.29) is 42.4 Å². The molecule has 0 spiro atoms. The van der Waals surface area contributed by atoms with Gasteiger partial charge < -0.3 is 15.2 Å². The van der Waals surface area contributed by atoms with E-state index in [9.17, 15) is 27.2 Å². The lowest BCUT2D eigenvalue weighted by atomic mass is 10.1. The minimum Gasteiger partial charge on any atom is -0.339 e. The Kier molecular flexibility index (Phi) is 6.86. The van der Waals surface area contributed by atoms with E-state index in [1.807, 2.05) is 0 Å². The van der Waals surface area contributed by atoms with Crippen LogP contribution in [-0.2, 0) is 22.2 Å². The molecule has 0 unspecified atom stereocenters. The summed E-state index contributed by atoms with van der Waals surface area (Å²) in [6.07, 6.45) is -4.10. The van der Waals surface area contributed by atoms with Crippen molar-refractivity contribution in [2.75, 3.05) is 10.6 Å². The molecule has 1 aromatic heterocycles. The molecule has 0 aliphatic carbocycles. The Morgan fingerprint density at radius 3 is 2.41 bits per heavy atom. The predicted octanol–water partition coefficient (Wildman–Crippen LogP) is 4.81. The summed E-state index contributed by atoms with van der Waals surface area (Å²) in [7, 11) is 0. The zero-order valence-electron chi connectivity index (χ0n) is 16.8. The Hall–Kier alpha value is -3.76. The highest BCUT2D eigenvalue weighted by atomic mass is 19.4. The standard InChI is InChI=1S/C21H18F4N4O3/c1-12(30)26-16-10-7-14(21(23,24)25)11-17(16)27-18(31)3-2-4-19-28-20(29-32-19)13-5-8-15(22)9-6-13/h5-11H,2-4H2,1H3,(H,26,30)(H,27,31). The summed E-state index contributed by atoms with van der Waals surface area (Å²) in [5, 5.41) is 8.58. The van der Waals surface area contributed by atoms with Crippen molar-refractivity contribution in [1.29, 1.82) is 0 Å². The highest BCUT2D eigenvalue weighted by Gasteiger charge is 2.31. The second-order valence-electron chi connectivity index (χ2n) is 6.86. The van der Waals surface area contributed by atoms with Crippen molar-refractivity contribution in [2.24, 2.45) is 0 Å². The normalized spacial score (nSPS) is 11.3. The molecule has 2 aromatic carbocycles. The Balaban J connectivity index is 1.60. The first kappa shape index (κ1) is 22.9. The van der Waals surface area contributed by atoms with Crippen LogP contribution in [0.3, 0.4) is 0 Å². The molecule has 0 fully saturated rings. The van der Waals surface area contributed by atoms with Crippen LogP contribution in [0.15, 0.2) is 47.0 Å². The molecule has 3 rings (SSSR count). The predicted molar refractivity (Wildman–Crippen MR) is 107 cm³/mol. The average Bonchev–Trinajstić information content (AvgIpc) is 3.17. The number of carbonyl (C=O) groups excluding carboxylic acids is 2. The van der Waals surface area contributed by atoms with Gasteiger partial charge in [0.1, 0.15) is 5.82 Å². The molecule has 2 N–H and O–H groups in total. The summed E-state index contributed by atoms with van der Waals surface area (Å²) in [5.74, 6) is -0.905. The number of aromatic nitrogens is 2. The van der Waals surface area contributed by atoms with Crippen molar-refractivity contribution in [3.63, 3.8) is 0 Å². The summed E-state index contributed by atoms with van der Waals surface area (Å²) in [5.41, 5.74) is -0.494. The van der Waals surface area contributed by atoms with E-state index in [1.54, 1.807) is 0 Å². The van der Waals surface area contributed by atoms with Crippen molar-refractivity contribution < 1.29 is 31.7 Å². The second kappa shape index (κ2) is 9.58. The minimum atomic E-state index is -4.60. The maximum Gasteiger partial charge on any atom is 0.416 e. The highest BCUT2D eigenvalue weighted by Crippen LogP contribution is 2.34. The molecule has 1 heterocycles. The van der Waals surface area contributed by atoms with Crippen molar-refractivity contribution in [1.82, 2.24) is 10.1 Å². The van der Waals surface area contributed by atoms with Crippen LogP contribution in [0.5, 0.6) is 0 Å². The smallest absolute Gasteiger partial charge is 0.339 e. The first-order chi connectivity index (χ1) is 15.1. The monoisotopic (exact) mass is 450 g/mol. The molecule has 168 valence electrons. The first-order valence-electron chi connectivity index (χ1n) is 9.49. The fourth-order valence-corrected chi connectivity index (χ4v) is 2.81. The van der Waals surface area contributed by atoms with Gasteiger partial charge in [-0.2, -0.15) is 18.2 Å². The number of aryl methyl sites for hydroxylation is 1. The third kappa shape index (κ3) is 6.13. The van der Waals surface area contributed by atoms with Gasteiger partial charge in [0.15, 0.2) is 0 Å². The number of nitrogens with zero attached hydrogens (tertiary/aromatic N) is 2. The van der Waals surface area contributed by atoms with Crippen molar-refractivity contribution in [2.45, 2.75) is 32.4 Å². The van der Waals surface area contributed by atoms with Gasteiger partial charge in [0.25, 0.3) is 0 Å². The van der Waals surface area contributed by atoms with E-state index in [0.717, 1.165) is 18.2 Å². The number of halogens is 4. The van der Waals surface area contributed by atoms with Crippen LogP contribution in [0.4, 0.5) is 28.9 Å². The molecule has 0 saturated heterocycles. The van der Waals surface area contributed by atoms with Crippen molar-refractivity contribution in [3.05, 3.63) is 59.7 Å². The number of carbonyl (C=O) groups is 2. The molecule has 11 heteroatoms. The number of hydrogen-bond acceptors (Lipinski definition) is 5. The van der Waals surface area contributed by atoms with E-state index in [4.69, 9.17) is 4.52 Å². The summed E-state index contributed by atoms with van der Waals surface area (Å²) in [4.78, 5) is 27.7. The highest BCUT2D eigenvalue weighted by molar-refractivity contribution is 5.99. The number of hydrogen-bond donors (Lipinski definition) is 2. The summed E-state index contributed by atoms with van der Waals surface area (Å²) in [6, 6.07) is 8.18. The van der Waals surface area contributed by atoms with E-state index < -0.39 is 29.4 Å². The van der Waals surface area contributed by atoms with Gasteiger partial charge in [-0.3, -0.25) is 9.59 Å². The van der Waals surface area contributed by atoms with Crippen molar-refractivity contribution >= 4 is 23.2 Å². The molecule has 7 nitrogen and oxygen atoms in total. The number of amides is 2. The van der Waals surface area contributed by atoms with Crippen LogP contribution in [0, 0.1) is 5.82 Å². The van der Waals surface area contributed by atoms with Gasteiger partial charge in [0.05, 0.1) is 16.9 Å². The summed E-state index contributed by atoms with van der Waals surface area (Å²) >= 11 is 0. The van der Waals surface area contributed by atoms with E-state index in [2.05, 4.69) is 20.8 Å². The Bertz CT molecular complexity index is 1110. The maximum absolute atomic E-state index is 13.0.